The molecule has 0 saturated carbocycles. The van der Waals surface area contributed by atoms with Crippen LogP contribution in [0.2, 0.25) is 0 Å². The molecule has 6 nitrogen and oxygen atoms in total. The summed E-state index contributed by atoms with van der Waals surface area (Å²) in [6.07, 6.45) is -1.13. The highest BCUT2D eigenvalue weighted by molar-refractivity contribution is 5.66. The van der Waals surface area contributed by atoms with E-state index in [1.807, 2.05) is 20.8 Å². The molecule has 1 atom stereocenters. The van der Waals surface area contributed by atoms with Gasteiger partial charge in [0.25, 0.3) is 5.69 Å². The molecular weight excluding hydrogens is 248 g/mol. The van der Waals surface area contributed by atoms with Crippen molar-refractivity contribution in [3.63, 3.8) is 0 Å². The van der Waals surface area contributed by atoms with Crippen molar-refractivity contribution >= 4 is 11.8 Å². The van der Waals surface area contributed by atoms with Crippen LogP contribution in [0.25, 0.3) is 0 Å². The molecule has 6 heteroatoms. The van der Waals surface area contributed by atoms with Gasteiger partial charge in [0.05, 0.1) is 10.5 Å². The van der Waals surface area contributed by atoms with Gasteiger partial charge in [-0.25, -0.2) is 4.79 Å². The van der Waals surface area contributed by atoms with E-state index in [1.165, 1.54) is 12.1 Å². The monoisotopic (exact) mass is 266 g/mol. The molecule has 0 unspecified atom stereocenters. The van der Waals surface area contributed by atoms with Crippen LogP contribution in [-0.2, 0) is 5.54 Å². The van der Waals surface area contributed by atoms with Crippen LogP contribution in [0.3, 0.4) is 0 Å². The Morgan fingerprint density at radius 3 is 2.00 bits per heavy atom. The number of benzene rings is 1. The van der Waals surface area contributed by atoms with Gasteiger partial charge in [-0.15, -0.1) is 0 Å². The van der Waals surface area contributed by atoms with Gasteiger partial charge < -0.3 is 10.4 Å². The Hall–Kier alpha value is -2.11. The second-order valence-electron chi connectivity index (χ2n) is 5.61. The number of rotatable bonds is 3. The van der Waals surface area contributed by atoms with Gasteiger partial charge in [-0.3, -0.25) is 10.1 Å². The predicted octanol–water partition coefficient (Wildman–Crippen LogP) is 3.12. The van der Waals surface area contributed by atoms with Gasteiger partial charge in [-0.2, -0.15) is 0 Å². The molecule has 104 valence electrons. The lowest BCUT2D eigenvalue weighted by Gasteiger charge is -2.42. The molecule has 19 heavy (non-hydrogen) atoms. The fraction of sp³-hybridized carbons (Fsp3) is 0.462. The molecule has 1 rings (SSSR count). The highest BCUT2D eigenvalue weighted by atomic mass is 16.6. The third-order valence-corrected chi connectivity index (χ3v) is 3.51. The first-order valence-corrected chi connectivity index (χ1v) is 5.84. The summed E-state index contributed by atoms with van der Waals surface area (Å²) in [4.78, 5) is 21.1. The van der Waals surface area contributed by atoms with E-state index in [-0.39, 0.29) is 11.1 Å². The molecule has 0 aliphatic heterocycles. The Kier molecular flexibility index (Phi) is 3.83. The molecule has 1 amide bonds. The number of carboxylic acid groups (broad SMARTS) is 1. The standard InChI is InChI=1S/C13H18N2O4/c1-12(2,3)13(4,14-11(16)17)9-5-7-10(8-6-9)15(18)19/h5-8,14H,1-4H3,(H,16,17)/t13-/m0/s1. The first-order valence-electron chi connectivity index (χ1n) is 5.84. The third kappa shape index (κ3) is 3.01. The molecular formula is C13H18N2O4. The molecule has 0 fully saturated rings. The number of nitrogens with zero attached hydrogens (tertiary/aromatic N) is 1. The van der Waals surface area contributed by atoms with Gasteiger partial charge in [0, 0.05) is 12.1 Å². The summed E-state index contributed by atoms with van der Waals surface area (Å²) in [6.45, 7) is 7.49. The van der Waals surface area contributed by atoms with Crippen LogP contribution in [0.5, 0.6) is 0 Å². The lowest BCUT2D eigenvalue weighted by atomic mass is 9.70. The van der Waals surface area contributed by atoms with Crippen molar-refractivity contribution < 1.29 is 14.8 Å². The average Bonchev–Trinajstić information content (AvgIpc) is 2.26. The molecule has 0 saturated heterocycles. The van der Waals surface area contributed by atoms with Crippen LogP contribution in [-0.4, -0.2) is 16.1 Å². The molecule has 0 heterocycles. The maximum Gasteiger partial charge on any atom is 0.405 e. The van der Waals surface area contributed by atoms with Gasteiger partial charge >= 0.3 is 6.09 Å². The lowest BCUT2D eigenvalue weighted by Crippen LogP contribution is -2.51. The van der Waals surface area contributed by atoms with Gasteiger partial charge in [0.15, 0.2) is 0 Å². The molecule has 1 aromatic rings. The first kappa shape index (κ1) is 14.9. The Bertz CT molecular complexity index is 490. The van der Waals surface area contributed by atoms with Crippen LogP contribution >= 0.6 is 0 Å². The number of hydrogen-bond donors (Lipinski definition) is 2. The Morgan fingerprint density at radius 2 is 1.68 bits per heavy atom. The maximum absolute atomic E-state index is 11.0. The largest absolute Gasteiger partial charge is 0.465 e. The van der Waals surface area contributed by atoms with Gasteiger partial charge in [0.1, 0.15) is 0 Å². The predicted molar refractivity (Wildman–Crippen MR) is 71.1 cm³/mol. The smallest absolute Gasteiger partial charge is 0.405 e. The van der Waals surface area contributed by atoms with Crippen molar-refractivity contribution in [3.05, 3.63) is 39.9 Å². The van der Waals surface area contributed by atoms with E-state index >= 15 is 0 Å². The quantitative estimate of drug-likeness (QED) is 0.649. The Balaban J connectivity index is 3.26. The number of nitrogens with one attached hydrogen (secondary N) is 1. The number of amides is 1. The fourth-order valence-corrected chi connectivity index (χ4v) is 1.82. The number of carbonyl (C=O) groups is 1. The molecule has 0 spiro atoms. The zero-order valence-electron chi connectivity index (χ0n) is 11.4. The fourth-order valence-electron chi connectivity index (χ4n) is 1.82. The Labute approximate surface area is 111 Å². The number of nitro groups is 1. The van der Waals surface area contributed by atoms with Crippen molar-refractivity contribution in [2.75, 3.05) is 0 Å². The van der Waals surface area contributed by atoms with Crippen molar-refractivity contribution in [1.82, 2.24) is 5.32 Å². The Morgan fingerprint density at radius 1 is 1.21 bits per heavy atom. The molecule has 2 N–H and O–H groups in total. The summed E-state index contributed by atoms with van der Waals surface area (Å²) >= 11 is 0. The minimum Gasteiger partial charge on any atom is -0.465 e. The van der Waals surface area contributed by atoms with E-state index < -0.39 is 16.6 Å². The second kappa shape index (κ2) is 4.87. The van der Waals surface area contributed by atoms with Gasteiger partial charge in [0.2, 0.25) is 0 Å². The molecule has 0 bridgehead atoms. The zero-order chi connectivity index (χ0) is 14.8. The summed E-state index contributed by atoms with van der Waals surface area (Å²) in [5.74, 6) is 0. The van der Waals surface area contributed by atoms with E-state index in [4.69, 9.17) is 5.11 Å². The van der Waals surface area contributed by atoms with Gasteiger partial charge in [-0.1, -0.05) is 20.8 Å². The van der Waals surface area contributed by atoms with Crippen molar-refractivity contribution in [1.29, 1.82) is 0 Å². The normalized spacial score (nSPS) is 14.5. The molecule has 1 aromatic carbocycles. The van der Waals surface area contributed by atoms with Crippen molar-refractivity contribution in [2.24, 2.45) is 5.41 Å². The van der Waals surface area contributed by atoms with Crippen LogP contribution in [0, 0.1) is 15.5 Å². The lowest BCUT2D eigenvalue weighted by molar-refractivity contribution is -0.384. The third-order valence-electron chi connectivity index (χ3n) is 3.51. The first-order chi connectivity index (χ1) is 8.58. The molecule has 0 aromatic heterocycles. The average molecular weight is 266 g/mol. The second-order valence-corrected chi connectivity index (χ2v) is 5.61. The SMILES string of the molecule is CC(C)(C)[C@@](C)(NC(=O)O)c1ccc([N+](=O)[O-])cc1. The van der Waals surface area contributed by atoms with Crippen LogP contribution in [0.1, 0.15) is 33.3 Å². The van der Waals surface area contributed by atoms with E-state index in [0.29, 0.717) is 5.56 Å². The summed E-state index contributed by atoms with van der Waals surface area (Å²) in [6, 6.07) is 5.92. The summed E-state index contributed by atoms with van der Waals surface area (Å²) in [5, 5.41) is 22.1. The van der Waals surface area contributed by atoms with Crippen LogP contribution in [0.15, 0.2) is 24.3 Å². The number of non-ortho nitro benzene ring substituents is 1. The minimum absolute atomic E-state index is 0.0182. The summed E-state index contributed by atoms with van der Waals surface area (Å²) in [7, 11) is 0. The minimum atomic E-state index is -1.13. The molecule has 0 aliphatic rings. The van der Waals surface area contributed by atoms with E-state index in [0.717, 1.165) is 0 Å². The maximum atomic E-state index is 11.0. The summed E-state index contributed by atoms with van der Waals surface area (Å²) < 4.78 is 0. The van der Waals surface area contributed by atoms with E-state index in [2.05, 4.69) is 5.32 Å². The number of hydrogen-bond acceptors (Lipinski definition) is 3. The van der Waals surface area contributed by atoms with Crippen molar-refractivity contribution in [2.45, 2.75) is 33.2 Å². The van der Waals surface area contributed by atoms with Crippen molar-refractivity contribution in [3.8, 4) is 0 Å². The molecule has 0 aliphatic carbocycles. The molecule has 0 radical (unpaired) electrons. The van der Waals surface area contributed by atoms with E-state index in [1.54, 1.807) is 19.1 Å². The van der Waals surface area contributed by atoms with Gasteiger partial charge in [-0.05, 0) is 30.0 Å². The summed E-state index contributed by atoms with van der Waals surface area (Å²) in [5.41, 5.74) is -0.557. The number of nitro benzene ring substituents is 1. The topological polar surface area (TPSA) is 92.5 Å². The van der Waals surface area contributed by atoms with Crippen LogP contribution < -0.4 is 5.32 Å². The van der Waals surface area contributed by atoms with E-state index in [9.17, 15) is 14.9 Å². The zero-order valence-corrected chi connectivity index (χ0v) is 11.4. The highest BCUT2D eigenvalue weighted by Crippen LogP contribution is 2.39. The highest BCUT2D eigenvalue weighted by Gasteiger charge is 2.40. The van der Waals surface area contributed by atoms with Crippen LogP contribution in [0.4, 0.5) is 10.5 Å².